The summed E-state index contributed by atoms with van der Waals surface area (Å²) < 4.78 is 24.6. The second kappa shape index (κ2) is 12.5. The third-order valence-electron chi connectivity index (χ3n) is 6.98. The second-order valence-corrected chi connectivity index (χ2v) is 10.4. The number of carbonyl (C=O) groups excluding carboxylic acids is 2. The number of amides is 2. The largest absolute Gasteiger partial charge is 0.496 e. The number of benzene rings is 2. The van der Waals surface area contributed by atoms with Crippen LogP contribution in [0.2, 0.25) is 0 Å². The molecule has 1 saturated heterocycles. The minimum absolute atomic E-state index is 0.118. The van der Waals surface area contributed by atoms with Crippen LogP contribution in [-0.4, -0.2) is 85.4 Å². The molecule has 0 radical (unpaired) electrons. The average molecular weight is 551 g/mol. The van der Waals surface area contributed by atoms with Gasteiger partial charge in [-0.2, -0.15) is 5.10 Å². The van der Waals surface area contributed by atoms with Gasteiger partial charge in [0.05, 0.1) is 37.0 Å². The molecule has 2 aromatic carbocycles. The number of rotatable bonds is 9. The normalized spacial score (nSPS) is 17.6. The zero-order valence-corrected chi connectivity index (χ0v) is 22.6. The molecular weight excluding hydrogens is 519 g/mol. The third kappa shape index (κ3) is 6.35. The van der Waals surface area contributed by atoms with Gasteiger partial charge in [-0.1, -0.05) is 36.4 Å². The van der Waals surface area contributed by atoms with E-state index < -0.39 is 6.04 Å². The first-order valence-electron chi connectivity index (χ1n) is 12.9. The van der Waals surface area contributed by atoms with Gasteiger partial charge in [-0.3, -0.25) is 14.5 Å². The summed E-state index contributed by atoms with van der Waals surface area (Å²) in [7, 11) is 1.59. The molecule has 2 amide bonds. The van der Waals surface area contributed by atoms with Crippen molar-refractivity contribution in [2.75, 3.05) is 53.0 Å². The lowest BCUT2D eigenvalue weighted by Gasteiger charge is -2.31. The summed E-state index contributed by atoms with van der Waals surface area (Å²) in [6.45, 7) is 3.84. The molecule has 0 spiro atoms. The molecule has 0 N–H and O–H groups in total. The highest BCUT2D eigenvalue weighted by Gasteiger charge is 2.36. The third-order valence-corrected chi connectivity index (χ3v) is 7.83. The van der Waals surface area contributed by atoms with Gasteiger partial charge in [0.1, 0.15) is 18.1 Å². The molecule has 3 heterocycles. The summed E-state index contributed by atoms with van der Waals surface area (Å²) >= 11 is 1.36. The summed E-state index contributed by atoms with van der Waals surface area (Å²) in [6, 6.07) is 16.8. The van der Waals surface area contributed by atoms with Gasteiger partial charge in [-0.25, -0.2) is 9.40 Å². The van der Waals surface area contributed by atoms with Crippen LogP contribution in [0.15, 0.2) is 71.1 Å². The zero-order chi connectivity index (χ0) is 27.2. The molecule has 0 aliphatic carbocycles. The van der Waals surface area contributed by atoms with Crippen LogP contribution in [0.3, 0.4) is 0 Å². The standard InChI is InChI=1S/C29H31FN4O4S/c1-37-26-6-3-2-5-23(26)25-19-24(21-8-10-22(30)11-9-21)31-34(25)28(35)20-33(29(36)27-7-4-18-39-27)13-12-32-14-16-38-17-15-32/h2-11,18,25H,12-17,19-20H2,1H3/t25-/m0/s1. The van der Waals surface area contributed by atoms with E-state index in [1.54, 1.807) is 30.2 Å². The molecule has 0 unspecified atom stereocenters. The van der Waals surface area contributed by atoms with Crippen molar-refractivity contribution in [1.82, 2.24) is 14.8 Å². The SMILES string of the molecule is COc1ccccc1[C@@H]1CC(c2ccc(F)cc2)=NN1C(=O)CN(CCN1CCOCC1)C(=O)c1cccs1. The fraction of sp³-hybridized carbons (Fsp3) is 0.345. The molecule has 0 saturated carbocycles. The van der Waals surface area contributed by atoms with Crippen molar-refractivity contribution in [3.63, 3.8) is 0 Å². The maximum atomic E-state index is 13.9. The van der Waals surface area contributed by atoms with Crippen molar-refractivity contribution in [2.24, 2.45) is 5.10 Å². The van der Waals surface area contributed by atoms with E-state index in [9.17, 15) is 14.0 Å². The van der Waals surface area contributed by atoms with Crippen molar-refractivity contribution >= 4 is 28.9 Å². The maximum absolute atomic E-state index is 13.9. The highest BCUT2D eigenvalue weighted by atomic mass is 32.1. The predicted molar refractivity (Wildman–Crippen MR) is 148 cm³/mol. The lowest BCUT2D eigenvalue weighted by molar-refractivity contribution is -0.133. The van der Waals surface area contributed by atoms with Gasteiger partial charge in [0.2, 0.25) is 0 Å². The first kappa shape index (κ1) is 27.0. The number of thiophene rings is 1. The van der Waals surface area contributed by atoms with Crippen LogP contribution >= 0.6 is 11.3 Å². The Hall–Kier alpha value is -3.60. The van der Waals surface area contributed by atoms with Crippen molar-refractivity contribution < 1.29 is 23.5 Å². The number of nitrogens with zero attached hydrogens (tertiary/aromatic N) is 4. The quantitative estimate of drug-likeness (QED) is 0.402. The van der Waals surface area contributed by atoms with Crippen LogP contribution in [0.5, 0.6) is 5.75 Å². The van der Waals surface area contributed by atoms with Gasteiger partial charge < -0.3 is 14.4 Å². The summed E-state index contributed by atoms with van der Waals surface area (Å²) in [5, 5.41) is 8.02. The second-order valence-electron chi connectivity index (χ2n) is 9.41. The van der Waals surface area contributed by atoms with E-state index >= 15 is 0 Å². The number of methoxy groups -OCH3 is 1. The molecule has 204 valence electrons. The van der Waals surface area contributed by atoms with E-state index in [1.807, 2.05) is 35.7 Å². The predicted octanol–water partition coefficient (Wildman–Crippen LogP) is 4.05. The number of hydrazone groups is 1. The van der Waals surface area contributed by atoms with E-state index in [4.69, 9.17) is 14.6 Å². The molecule has 2 aliphatic heterocycles. The number of ether oxygens (including phenoxy) is 2. The van der Waals surface area contributed by atoms with Gasteiger partial charge in [-0.05, 0) is 35.2 Å². The molecule has 1 atom stereocenters. The Balaban J connectivity index is 1.41. The lowest BCUT2D eigenvalue weighted by Crippen LogP contribution is -2.46. The smallest absolute Gasteiger partial charge is 0.264 e. The molecule has 1 fully saturated rings. The minimum atomic E-state index is -0.424. The molecule has 8 nitrogen and oxygen atoms in total. The van der Waals surface area contributed by atoms with E-state index in [-0.39, 0.29) is 24.2 Å². The summed E-state index contributed by atoms with van der Waals surface area (Å²) in [4.78, 5) is 31.7. The monoisotopic (exact) mass is 550 g/mol. The highest BCUT2D eigenvalue weighted by Crippen LogP contribution is 2.37. The van der Waals surface area contributed by atoms with Crippen LogP contribution in [-0.2, 0) is 9.53 Å². The lowest BCUT2D eigenvalue weighted by atomic mass is 9.97. The molecule has 10 heteroatoms. The molecule has 2 aliphatic rings. The summed E-state index contributed by atoms with van der Waals surface area (Å²) in [5.41, 5.74) is 2.23. The number of carbonyl (C=O) groups is 2. The van der Waals surface area contributed by atoms with Gasteiger partial charge >= 0.3 is 0 Å². The van der Waals surface area contributed by atoms with E-state index in [2.05, 4.69) is 4.90 Å². The Kier molecular flexibility index (Phi) is 8.65. The van der Waals surface area contributed by atoms with Gasteiger partial charge in [0.15, 0.2) is 0 Å². The van der Waals surface area contributed by atoms with Crippen molar-refractivity contribution in [2.45, 2.75) is 12.5 Å². The summed E-state index contributed by atoms with van der Waals surface area (Å²) in [6.07, 6.45) is 0.435. The van der Waals surface area contributed by atoms with Crippen molar-refractivity contribution in [3.8, 4) is 5.75 Å². The first-order valence-corrected chi connectivity index (χ1v) is 13.8. The first-order chi connectivity index (χ1) is 19.0. The average Bonchev–Trinajstić information content (AvgIpc) is 3.67. The topological polar surface area (TPSA) is 74.7 Å². The molecule has 1 aromatic heterocycles. The van der Waals surface area contributed by atoms with Crippen LogP contribution in [0.1, 0.15) is 33.3 Å². The molecule has 39 heavy (non-hydrogen) atoms. The number of hydrogen-bond acceptors (Lipinski definition) is 7. The van der Waals surface area contributed by atoms with Crippen LogP contribution in [0.25, 0.3) is 0 Å². The number of halogens is 1. The number of hydrogen-bond donors (Lipinski definition) is 0. The van der Waals surface area contributed by atoms with E-state index in [1.165, 1.54) is 28.5 Å². The molecule has 3 aromatic rings. The number of morpholine rings is 1. The fourth-order valence-corrected chi connectivity index (χ4v) is 5.56. The zero-order valence-electron chi connectivity index (χ0n) is 21.8. The van der Waals surface area contributed by atoms with Crippen molar-refractivity contribution in [3.05, 3.63) is 87.9 Å². The summed E-state index contributed by atoms with van der Waals surface area (Å²) in [5.74, 6) is -0.165. The maximum Gasteiger partial charge on any atom is 0.264 e. The van der Waals surface area contributed by atoms with Crippen LogP contribution in [0, 0.1) is 5.82 Å². The van der Waals surface area contributed by atoms with Gasteiger partial charge in [-0.15, -0.1) is 11.3 Å². The van der Waals surface area contributed by atoms with Crippen LogP contribution in [0.4, 0.5) is 4.39 Å². The Bertz CT molecular complexity index is 1310. The number of para-hydroxylation sites is 1. The Morgan fingerprint density at radius 1 is 1.10 bits per heavy atom. The van der Waals surface area contributed by atoms with E-state index in [0.717, 1.165) is 24.2 Å². The van der Waals surface area contributed by atoms with Crippen molar-refractivity contribution in [1.29, 1.82) is 0 Å². The Labute approximate surface area is 231 Å². The molecule has 0 bridgehead atoms. The van der Waals surface area contributed by atoms with Gasteiger partial charge in [0, 0.05) is 38.2 Å². The Morgan fingerprint density at radius 2 is 1.87 bits per heavy atom. The minimum Gasteiger partial charge on any atom is -0.496 e. The Morgan fingerprint density at radius 3 is 2.59 bits per heavy atom. The van der Waals surface area contributed by atoms with Crippen LogP contribution < -0.4 is 4.74 Å². The van der Waals surface area contributed by atoms with Gasteiger partial charge in [0.25, 0.3) is 11.8 Å². The van der Waals surface area contributed by atoms with E-state index in [0.29, 0.717) is 49.1 Å². The molecule has 5 rings (SSSR count). The highest BCUT2D eigenvalue weighted by molar-refractivity contribution is 7.12. The molecular formula is C29H31FN4O4S. The fourth-order valence-electron chi connectivity index (χ4n) is 4.87.